The van der Waals surface area contributed by atoms with E-state index in [4.69, 9.17) is 26.6 Å². The van der Waals surface area contributed by atoms with Gasteiger partial charge in [-0.2, -0.15) is 0 Å². The van der Waals surface area contributed by atoms with Crippen LogP contribution < -0.4 is 4.74 Å². The van der Waals surface area contributed by atoms with E-state index in [0.29, 0.717) is 12.4 Å². The number of hydrogen-bond donors (Lipinski definition) is 4. The smallest absolute Gasteiger partial charge is 0.119 e. The Morgan fingerprint density at radius 1 is 1.14 bits per heavy atom. The molecule has 1 aliphatic rings. The highest BCUT2D eigenvalue weighted by molar-refractivity contribution is 6.31. The summed E-state index contributed by atoms with van der Waals surface area (Å²) >= 11 is 6.29. The SMILES string of the molecule is [2H]c1c([2H])c([C@]2([2H])O[C@H](CO)[C@@H](O)[C@H](O)[C@H]2O)c([2H])c(Cc2ccc(OCC)cc2)c1Cl. The molecule has 3 rings (SSSR count). The molecular weight excluding hydrogens is 384 g/mol. The van der Waals surface area contributed by atoms with Gasteiger partial charge in [-0.25, -0.2) is 0 Å². The average molecular weight is 413 g/mol. The van der Waals surface area contributed by atoms with Crippen molar-refractivity contribution in [2.24, 2.45) is 0 Å². The fraction of sp³-hybridized carbons (Fsp3) is 0.429. The van der Waals surface area contributed by atoms with Gasteiger partial charge in [0.05, 0.1) is 18.7 Å². The summed E-state index contributed by atoms with van der Waals surface area (Å²) in [5, 5.41) is 40.0. The van der Waals surface area contributed by atoms with Crippen LogP contribution >= 0.6 is 11.6 Å². The molecule has 5 atom stereocenters. The highest BCUT2D eigenvalue weighted by Crippen LogP contribution is 2.34. The lowest BCUT2D eigenvalue weighted by molar-refractivity contribution is -0.231. The highest BCUT2D eigenvalue weighted by atomic mass is 35.5. The van der Waals surface area contributed by atoms with Crippen molar-refractivity contribution < 1.29 is 35.4 Å². The molecule has 0 bridgehead atoms. The summed E-state index contributed by atoms with van der Waals surface area (Å²) in [7, 11) is 0. The summed E-state index contributed by atoms with van der Waals surface area (Å²) in [4.78, 5) is 0. The van der Waals surface area contributed by atoms with Crippen LogP contribution in [0.1, 0.15) is 35.2 Å². The zero-order valence-corrected chi connectivity index (χ0v) is 16.0. The third-order valence-corrected chi connectivity index (χ3v) is 4.80. The molecule has 1 heterocycles. The second-order valence-corrected chi connectivity index (χ2v) is 6.80. The number of rotatable bonds is 6. The van der Waals surface area contributed by atoms with Crippen LogP contribution in [0, 0.1) is 0 Å². The summed E-state index contributed by atoms with van der Waals surface area (Å²) in [6.45, 7) is 1.59. The summed E-state index contributed by atoms with van der Waals surface area (Å²) in [6, 6.07) is 5.49. The first kappa shape index (κ1) is 16.2. The molecule has 1 aliphatic heterocycles. The Morgan fingerprint density at radius 2 is 1.86 bits per heavy atom. The second kappa shape index (κ2) is 9.22. The molecule has 7 heteroatoms. The van der Waals surface area contributed by atoms with Crippen LogP contribution in [0.4, 0.5) is 0 Å². The predicted molar refractivity (Wildman–Crippen MR) is 105 cm³/mol. The van der Waals surface area contributed by atoms with Gasteiger partial charge in [-0.05, 0) is 48.2 Å². The number of benzene rings is 2. The van der Waals surface area contributed by atoms with Crippen LogP contribution in [0.5, 0.6) is 5.75 Å². The Balaban J connectivity index is 2.10. The number of hydrogen-bond acceptors (Lipinski definition) is 6. The molecule has 0 radical (unpaired) electrons. The summed E-state index contributed by atoms with van der Waals surface area (Å²) < 4.78 is 44.6. The number of halogens is 1. The molecule has 2 aromatic carbocycles. The van der Waals surface area contributed by atoms with Crippen LogP contribution in [0.2, 0.25) is 5.02 Å². The Morgan fingerprint density at radius 3 is 2.50 bits per heavy atom. The molecule has 1 fully saturated rings. The van der Waals surface area contributed by atoms with Crippen LogP contribution in [0.15, 0.2) is 42.4 Å². The quantitative estimate of drug-likeness (QED) is 0.578. The minimum atomic E-state index is -2.59. The first-order chi connectivity index (χ1) is 15.1. The van der Waals surface area contributed by atoms with Gasteiger partial charge in [0.15, 0.2) is 0 Å². The summed E-state index contributed by atoms with van der Waals surface area (Å²) in [6.07, 6.45) is -9.55. The maximum atomic E-state index is 10.5. The molecule has 0 aliphatic carbocycles. The van der Waals surface area contributed by atoms with Crippen LogP contribution in [0.3, 0.4) is 0 Å². The lowest BCUT2D eigenvalue weighted by atomic mass is 9.90. The lowest BCUT2D eigenvalue weighted by Gasteiger charge is -2.40. The minimum absolute atomic E-state index is 0.0873. The van der Waals surface area contributed by atoms with E-state index >= 15 is 0 Å². The van der Waals surface area contributed by atoms with Crippen LogP contribution in [-0.2, 0) is 11.2 Å². The van der Waals surface area contributed by atoms with E-state index < -0.39 is 60.8 Å². The lowest BCUT2D eigenvalue weighted by Crippen LogP contribution is -2.55. The molecule has 152 valence electrons. The molecule has 6 nitrogen and oxygen atoms in total. The van der Waals surface area contributed by atoms with Gasteiger partial charge >= 0.3 is 0 Å². The zero-order valence-electron chi connectivity index (χ0n) is 19.2. The van der Waals surface area contributed by atoms with Gasteiger partial charge in [0.25, 0.3) is 0 Å². The number of ether oxygens (including phenoxy) is 2. The monoisotopic (exact) mass is 412 g/mol. The average Bonchev–Trinajstić information content (AvgIpc) is 2.78. The van der Waals surface area contributed by atoms with E-state index in [1.54, 1.807) is 24.3 Å². The van der Waals surface area contributed by atoms with Crippen LogP contribution in [-0.4, -0.2) is 58.1 Å². The number of aliphatic hydroxyl groups is 4. The van der Waals surface area contributed by atoms with Gasteiger partial charge < -0.3 is 29.9 Å². The van der Waals surface area contributed by atoms with Crippen molar-refractivity contribution >= 4 is 11.6 Å². The molecule has 0 unspecified atom stereocenters. The zero-order chi connectivity index (χ0) is 23.8. The molecule has 0 amide bonds. The van der Waals surface area contributed by atoms with E-state index in [1.165, 1.54) is 0 Å². The maximum Gasteiger partial charge on any atom is 0.119 e. The fourth-order valence-corrected chi connectivity index (χ4v) is 3.13. The Hall–Kier alpha value is -1.67. The minimum Gasteiger partial charge on any atom is -0.494 e. The van der Waals surface area contributed by atoms with Gasteiger partial charge in [-0.15, -0.1) is 0 Å². The van der Waals surface area contributed by atoms with Crippen molar-refractivity contribution in [3.8, 4) is 5.75 Å². The van der Waals surface area contributed by atoms with Crippen molar-refractivity contribution in [2.45, 2.75) is 43.8 Å². The normalized spacial score (nSPS) is 32.2. The van der Waals surface area contributed by atoms with E-state index in [1.807, 2.05) is 6.92 Å². The van der Waals surface area contributed by atoms with Crippen molar-refractivity contribution in [1.29, 1.82) is 0 Å². The third-order valence-electron chi connectivity index (χ3n) is 4.48. The highest BCUT2D eigenvalue weighted by Gasteiger charge is 2.43. The topological polar surface area (TPSA) is 99.4 Å². The molecule has 0 spiro atoms. The van der Waals surface area contributed by atoms with Crippen molar-refractivity contribution in [3.63, 3.8) is 0 Å². The van der Waals surface area contributed by atoms with Gasteiger partial charge in [0.2, 0.25) is 0 Å². The molecular formula is C21H25ClO6. The van der Waals surface area contributed by atoms with E-state index in [2.05, 4.69) is 0 Å². The van der Waals surface area contributed by atoms with Gasteiger partial charge in [0, 0.05) is 5.02 Å². The number of aliphatic hydroxyl groups excluding tert-OH is 4. The molecule has 1 saturated heterocycles. The molecule has 0 aromatic heterocycles. The Labute approximate surface area is 174 Å². The third kappa shape index (κ3) is 4.49. The maximum absolute atomic E-state index is 10.5. The van der Waals surface area contributed by atoms with Gasteiger partial charge in [-0.3, -0.25) is 0 Å². The summed E-state index contributed by atoms with van der Waals surface area (Å²) in [5.74, 6) is 0.656. The predicted octanol–water partition coefficient (Wildman–Crippen LogP) is 1.84. The Bertz CT molecular complexity index is 974. The van der Waals surface area contributed by atoms with E-state index in [9.17, 15) is 20.4 Å². The molecule has 28 heavy (non-hydrogen) atoms. The largest absolute Gasteiger partial charge is 0.494 e. The van der Waals surface area contributed by atoms with Crippen molar-refractivity contribution in [3.05, 3.63) is 64.1 Å². The second-order valence-electron chi connectivity index (χ2n) is 6.43. The van der Waals surface area contributed by atoms with Crippen molar-refractivity contribution in [2.75, 3.05) is 13.2 Å². The Kier molecular flexibility index (Phi) is 5.32. The van der Waals surface area contributed by atoms with E-state index in [0.717, 1.165) is 5.56 Å². The molecule has 4 N–H and O–H groups in total. The van der Waals surface area contributed by atoms with Crippen LogP contribution in [0.25, 0.3) is 0 Å². The standard InChI is InChI=1S/C21H25ClO6/c1-2-27-15-6-3-12(4-7-15)9-14-10-13(5-8-16(14)22)21-20(26)19(25)18(24)17(11-23)28-21/h3-8,10,17-21,23-26H,2,9,11H2,1H3/t17-,18-,19+,20-,21+/m1/s1/i5D,8D,10D,21D. The molecule has 2 aromatic rings. The first-order valence-corrected chi connectivity index (χ1v) is 9.27. The van der Waals surface area contributed by atoms with E-state index in [-0.39, 0.29) is 17.0 Å². The van der Waals surface area contributed by atoms with Gasteiger partial charge in [0.1, 0.15) is 36.2 Å². The first-order valence-electron chi connectivity index (χ1n) is 10.9. The van der Waals surface area contributed by atoms with Gasteiger partial charge in [-0.1, -0.05) is 35.8 Å². The fourth-order valence-electron chi connectivity index (χ4n) is 2.97. The van der Waals surface area contributed by atoms with Crippen molar-refractivity contribution in [1.82, 2.24) is 0 Å². The summed E-state index contributed by atoms with van der Waals surface area (Å²) in [5.41, 5.74) is 0.375. The molecule has 0 saturated carbocycles.